The molecule has 0 aromatic heterocycles. The number of halogens is 1. The van der Waals surface area contributed by atoms with Gasteiger partial charge in [-0.15, -0.1) is 0 Å². The molecule has 3 rings (SSSR count). The minimum atomic E-state index is -1.12. The SMILES string of the molecule is CC1=C(C(=O)OCC=Cc2ccccc2)C(c2cccc(Cl)c2)C(C(=O)O)=CN1. The monoisotopic (exact) mass is 409 g/mol. The molecule has 6 heteroatoms. The minimum absolute atomic E-state index is 0.0460. The summed E-state index contributed by atoms with van der Waals surface area (Å²) in [5, 5.41) is 13.0. The van der Waals surface area contributed by atoms with E-state index in [9.17, 15) is 14.7 Å². The molecule has 0 radical (unpaired) electrons. The molecule has 1 aliphatic rings. The molecule has 0 saturated carbocycles. The molecular formula is C23H20ClNO4. The van der Waals surface area contributed by atoms with Crippen LogP contribution in [0.3, 0.4) is 0 Å². The zero-order chi connectivity index (χ0) is 20.8. The molecule has 0 fully saturated rings. The summed E-state index contributed by atoms with van der Waals surface area (Å²) in [6, 6.07) is 16.5. The van der Waals surface area contributed by atoms with Gasteiger partial charge in [0.1, 0.15) is 6.61 Å². The van der Waals surface area contributed by atoms with Gasteiger partial charge in [-0.2, -0.15) is 0 Å². The Morgan fingerprint density at radius 3 is 2.62 bits per heavy atom. The van der Waals surface area contributed by atoms with E-state index in [-0.39, 0.29) is 17.8 Å². The highest BCUT2D eigenvalue weighted by atomic mass is 35.5. The first-order valence-electron chi connectivity index (χ1n) is 9.02. The number of dihydropyridines is 1. The molecule has 1 unspecified atom stereocenters. The normalized spacial score (nSPS) is 16.3. The molecule has 0 aliphatic carbocycles. The quantitative estimate of drug-likeness (QED) is 0.686. The summed E-state index contributed by atoms with van der Waals surface area (Å²) in [6.45, 7) is 1.78. The zero-order valence-corrected chi connectivity index (χ0v) is 16.5. The maximum atomic E-state index is 12.8. The molecule has 2 N–H and O–H groups in total. The van der Waals surface area contributed by atoms with E-state index in [0.717, 1.165) is 5.56 Å². The van der Waals surface area contributed by atoms with Crippen molar-refractivity contribution in [3.8, 4) is 0 Å². The fraction of sp³-hybridized carbons (Fsp3) is 0.130. The van der Waals surface area contributed by atoms with E-state index >= 15 is 0 Å². The summed E-state index contributed by atoms with van der Waals surface area (Å²) < 4.78 is 5.41. The van der Waals surface area contributed by atoms with Crippen molar-refractivity contribution in [2.24, 2.45) is 0 Å². The van der Waals surface area contributed by atoms with Crippen molar-refractivity contribution in [1.29, 1.82) is 0 Å². The summed E-state index contributed by atoms with van der Waals surface area (Å²) in [6.07, 6.45) is 4.99. The Hall–Kier alpha value is -3.31. The van der Waals surface area contributed by atoms with Gasteiger partial charge in [-0.3, -0.25) is 0 Å². The van der Waals surface area contributed by atoms with Crippen LogP contribution in [0.1, 0.15) is 24.0 Å². The highest BCUT2D eigenvalue weighted by Crippen LogP contribution is 2.37. The maximum Gasteiger partial charge on any atom is 0.337 e. The van der Waals surface area contributed by atoms with Crippen LogP contribution in [0.2, 0.25) is 5.02 Å². The topological polar surface area (TPSA) is 75.6 Å². The molecular weight excluding hydrogens is 390 g/mol. The van der Waals surface area contributed by atoms with Crippen LogP contribution in [-0.4, -0.2) is 23.7 Å². The lowest BCUT2D eigenvalue weighted by Gasteiger charge is -2.26. The van der Waals surface area contributed by atoms with Crippen LogP contribution in [-0.2, 0) is 14.3 Å². The Kier molecular flexibility index (Phi) is 6.52. The second-order valence-corrected chi connectivity index (χ2v) is 6.92. The van der Waals surface area contributed by atoms with Crippen LogP contribution in [0, 0.1) is 0 Å². The van der Waals surface area contributed by atoms with E-state index in [2.05, 4.69) is 5.32 Å². The Bertz CT molecular complexity index is 1010. The fourth-order valence-electron chi connectivity index (χ4n) is 3.16. The van der Waals surface area contributed by atoms with Gasteiger partial charge in [0.2, 0.25) is 0 Å². The smallest absolute Gasteiger partial charge is 0.337 e. The molecule has 148 valence electrons. The third-order valence-corrected chi connectivity index (χ3v) is 4.75. The van der Waals surface area contributed by atoms with E-state index in [0.29, 0.717) is 16.3 Å². The van der Waals surface area contributed by atoms with E-state index in [4.69, 9.17) is 16.3 Å². The summed E-state index contributed by atoms with van der Waals surface area (Å²) in [4.78, 5) is 24.6. The van der Waals surface area contributed by atoms with Crippen molar-refractivity contribution >= 4 is 29.6 Å². The van der Waals surface area contributed by atoms with Crippen molar-refractivity contribution in [1.82, 2.24) is 5.32 Å². The number of carboxylic acid groups (broad SMARTS) is 1. The molecule has 0 spiro atoms. The number of benzene rings is 2. The Labute approximate surface area is 174 Å². The number of rotatable bonds is 6. The van der Waals surface area contributed by atoms with Crippen LogP contribution in [0.5, 0.6) is 0 Å². The first-order chi connectivity index (χ1) is 14.0. The van der Waals surface area contributed by atoms with E-state index in [1.54, 1.807) is 37.3 Å². The van der Waals surface area contributed by atoms with E-state index in [1.165, 1.54) is 6.20 Å². The Balaban J connectivity index is 1.83. The van der Waals surface area contributed by atoms with Crippen LogP contribution >= 0.6 is 11.6 Å². The van der Waals surface area contributed by atoms with Crippen molar-refractivity contribution in [2.45, 2.75) is 12.8 Å². The van der Waals surface area contributed by atoms with Crippen LogP contribution in [0.25, 0.3) is 6.08 Å². The Morgan fingerprint density at radius 1 is 1.17 bits per heavy atom. The molecule has 5 nitrogen and oxygen atoms in total. The Morgan fingerprint density at radius 2 is 1.93 bits per heavy atom. The largest absolute Gasteiger partial charge is 0.478 e. The van der Waals surface area contributed by atoms with Gasteiger partial charge in [0.15, 0.2) is 0 Å². The number of hydrogen-bond donors (Lipinski definition) is 2. The lowest BCUT2D eigenvalue weighted by molar-refractivity contribution is -0.138. The molecule has 1 heterocycles. The standard InChI is InChI=1S/C23H20ClNO4/c1-15-20(23(28)29-12-6-9-16-7-3-2-4-8-16)21(19(14-25-15)22(26)27)17-10-5-11-18(24)13-17/h2-11,13-14,21,25H,12H2,1H3,(H,26,27). The summed E-state index contributed by atoms with van der Waals surface area (Å²) in [5.41, 5.74) is 2.44. The van der Waals surface area contributed by atoms with Crippen molar-refractivity contribution in [3.63, 3.8) is 0 Å². The number of carbonyl (C=O) groups excluding carboxylic acids is 1. The van der Waals surface area contributed by atoms with Gasteiger partial charge in [-0.05, 0) is 36.3 Å². The number of carbonyl (C=O) groups is 2. The number of esters is 1. The van der Waals surface area contributed by atoms with Crippen molar-refractivity contribution in [2.75, 3.05) is 6.61 Å². The van der Waals surface area contributed by atoms with Crippen molar-refractivity contribution < 1.29 is 19.4 Å². The lowest BCUT2D eigenvalue weighted by Crippen LogP contribution is -2.29. The first kappa shape index (κ1) is 20.4. The van der Waals surface area contributed by atoms with Gasteiger partial charge in [0.25, 0.3) is 0 Å². The predicted molar refractivity (Wildman–Crippen MR) is 112 cm³/mol. The molecule has 1 atom stereocenters. The highest BCUT2D eigenvalue weighted by molar-refractivity contribution is 6.30. The van der Waals surface area contributed by atoms with Crippen LogP contribution < -0.4 is 5.32 Å². The van der Waals surface area contributed by atoms with Gasteiger partial charge >= 0.3 is 11.9 Å². The van der Waals surface area contributed by atoms with Crippen LogP contribution in [0.4, 0.5) is 0 Å². The van der Waals surface area contributed by atoms with E-state index < -0.39 is 17.9 Å². The number of allylic oxidation sites excluding steroid dienone is 1. The summed E-state index contributed by atoms with van der Waals surface area (Å²) in [7, 11) is 0. The molecule has 1 aliphatic heterocycles. The number of ether oxygens (including phenoxy) is 1. The average Bonchev–Trinajstić information content (AvgIpc) is 2.71. The summed E-state index contributed by atoms with van der Waals surface area (Å²) >= 11 is 6.09. The fourth-order valence-corrected chi connectivity index (χ4v) is 3.36. The molecule has 0 saturated heterocycles. The van der Waals surface area contributed by atoms with Gasteiger partial charge < -0.3 is 15.2 Å². The minimum Gasteiger partial charge on any atom is -0.478 e. The average molecular weight is 410 g/mol. The summed E-state index contributed by atoms with van der Waals surface area (Å²) in [5.74, 6) is -2.48. The molecule has 0 bridgehead atoms. The van der Waals surface area contributed by atoms with Crippen molar-refractivity contribution in [3.05, 3.63) is 99.9 Å². The zero-order valence-electron chi connectivity index (χ0n) is 15.8. The predicted octanol–water partition coefficient (Wildman–Crippen LogP) is 4.53. The molecule has 29 heavy (non-hydrogen) atoms. The molecule has 0 amide bonds. The van der Waals surface area contributed by atoms with Gasteiger partial charge in [-0.1, -0.05) is 60.1 Å². The first-order valence-corrected chi connectivity index (χ1v) is 9.40. The van der Waals surface area contributed by atoms with Gasteiger partial charge in [0.05, 0.1) is 17.1 Å². The lowest BCUT2D eigenvalue weighted by atomic mass is 9.82. The van der Waals surface area contributed by atoms with Crippen LogP contribution in [0.15, 0.2) is 83.7 Å². The highest BCUT2D eigenvalue weighted by Gasteiger charge is 2.35. The van der Waals surface area contributed by atoms with E-state index in [1.807, 2.05) is 36.4 Å². The van der Waals surface area contributed by atoms with Gasteiger partial charge in [-0.25, -0.2) is 9.59 Å². The maximum absolute atomic E-state index is 12.8. The third kappa shape index (κ3) is 4.95. The molecule has 2 aromatic rings. The third-order valence-electron chi connectivity index (χ3n) is 4.52. The second-order valence-electron chi connectivity index (χ2n) is 6.49. The second kappa shape index (κ2) is 9.26. The number of nitrogens with one attached hydrogen (secondary N) is 1. The number of hydrogen-bond acceptors (Lipinski definition) is 4. The number of carboxylic acids is 1. The number of aliphatic carboxylic acids is 1. The molecule has 2 aromatic carbocycles. The van der Waals surface area contributed by atoms with Gasteiger partial charge in [0, 0.05) is 16.9 Å².